The van der Waals surface area contributed by atoms with Crippen molar-refractivity contribution in [1.82, 2.24) is 4.98 Å². The first kappa shape index (κ1) is 19.1. The van der Waals surface area contributed by atoms with E-state index < -0.39 is 5.91 Å². The second-order valence-corrected chi connectivity index (χ2v) is 6.33. The second-order valence-electron chi connectivity index (χ2n) is 6.33. The van der Waals surface area contributed by atoms with Crippen LogP contribution in [0.4, 0.5) is 5.69 Å². The number of rotatable bonds is 5. The number of hydrogen-bond donors (Lipinski definition) is 1. The van der Waals surface area contributed by atoms with Gasteiger partial charge in [0.1, 0.15) is 11.8 Å². The Labute approximate surface area is 171 Å². The third-order valence-corrected chi connectivity index (χ3v) is 4.71. The molecule has 4 rings (SSSR count). The zero-order valence-electron chi connectivity index (χ0n) is 16.4. The van der Waals surface area contributed by atoms with E-state index in [1.54, 1.807) is 6.08 Å². The maximum absolute atomic E-state index is 13.1. The Morgan fingerprint density at radius 2 is 1.90 bits per heavy atom. The number of nitrogens with one attached hydrogen (secondary N) is 1. The van der Waals surface area contributed by atoms with Gasteiger partial charge in [0.15, 0.2) is 11.5 Å². The van der Waals surface area contributed by atoms with Crippen LogP contribution in [0.2, 0.25) is 0 Å². The summed E-state index contributed by atoms with van der Waals surface area (Å²) in [5, 5.41) is 24.0. The lowest BCUT2D eigenvalue weighted by atomic mass is 9.95. The zero-order chi connectivity index (χ0) is 21.3. The number of allylic oxidation sites excluding steroid dienone is 1. The van der Waals surface area contributed by atoms with Gasteiger partial charge in [-0.2, -0.15) is 5.26 Å². The highest BCUT2D eigenvalue weighted by Crippen LogP contribution is 2.39. The van der Waals surface area contributed by atoms with Crippen molar-refractivity contribution in [3.05, 3.63) is 46.4 Å². The highest BCUT2D eigenvalue weighted by Gasteiger charge is 2.26. The molecular formula is C20H16N6O4. The molecule has 0 radical (unpaired) electrons. The minimum Gasteiger partial charge on any atom is -0.493 e. The molecule has 0 bridgehead atoms. The molecule has 0 unspecified atom stereocenters. The van der Waals surface area contributed by atoms with Gasteiger partial charge in [0.05, 0.1) is 44.0 Å². The summed E-state index contributed by atoms with van der Waals surface area (Å²) >= 11 is 0. The normalized spacial score (nSPS) is 13.4. The highest BCUT2D eigenvalue weighted by molar-refractivity contribution is 6.11. The molecule has 1 aromatic heterocycles. The number of benzene rings is 1. The van der Waals surface area contributed by atoms with Crippen molar-refractivity contribution >= 4 is 23.4 Å². The summed E-state index contributed by atoms with van der Waals surface area (Å²) in [5.41, 5.74) is 3.39. The van der Waals surface area contributed by atoms with Gasteiger partial charge in [0, 0.05) is 23.7 Å². The summed E-state index contributed by atoms with van der Waals surface area (Å²) in [7, 11) is 4.41. The molecule has 150 valence electrons. The lowest BCUT2D eigenvalue weighted by Gasteiger charge is -2.18. The van der Waals surface area contributed by atoms with E-state index in [1.165, 1.54) is 39.7 Å². The van der Waals surface area contributed by atoms with Crippen molar-refractivity contribution in [2.75, 3.05) is 26.6 Å². The Hall–Kier alpha value is -4.26. The van der Waals surface area contributed by atoms with Crippen LogP contribution in [0.15, 0.2) is 39.5 Å². The van der Waals surface area contributed by atoms with Crippen molar-refractivity contribution < 1.29 is 19.0 Å². The molecule has 0 atom stereocenters. The van der Waals surface area contributed by atoms with Gasteiger partial charge in [-0.1, -0.05) is 0 Å². The number of aromatic nitrogens is 1. The van der Waals surface area contributed by atoms with Crippen LogP contribution in [0.3, 0.4) is 0 Å². The summed E-state index contributed by atoms with van der Waals surface area (Å²) in [4.78, 5) is 17.4. The van der Waals surface area contributed by atoms with Crippen molar-refractivity contribution in [2.45, 2.75) is 6.42 Å². The number of hydrogen-bond acceptors (Lipinski definition) is 9. The molecule has 0 spiro atoms. The highest BCUT2D eigenvalue weighted by atomic mass is 16.5. The van der Waals surface area contributed by atoms with Gasteiger partial charge in [-0.3, -0.25) is 9.78 Å². The Kier molecular flexibility index (Phi) is 4.85. The van der Waals surface area contributed by atoms with Crippen LogP contribution in [0.25, 0.3) is 6.08 Å². The van der Waals surface area contributed by atoms with Crippen LogP contribution in [0, 0.1) is 11.3 Å². The predicted molar refractivity (Wildman–Crippen MR) is 107 cm³/mol. The quantitative estimate of drug-likeness (QED) is 0.815. The molecule has 0 saturated carbocycles. The smallest absolute Gasteiger partial charge is 0.255 e. The fraction of sp³-hybridized carbons (Fsp3) is 0.200. The van der Waals surface area contributed by atoms with E-state index in [1.807, 2.05) is 0 Å². The summed E-state index contributed by atoms with van der Waals surface area (Å²) in [6.07, 6.45) is 3.55. The van der Waals surface area contributed by atoms with E-state index in [0.29, 0.717) is 52.0 Å². The number of nitriles is 1. The largest absolute Gasteiger partial charge is 0.493 e. The number of nitrogens with zero attached hydrogens (tertiary/aromatic N) is 5. The van der Waals surface area contributed by atoms with Gasteiger partial charge < -0.3 is 19.5 Å². The fourth-order valence-electron chi connectivity index (χ4n) is 3.25. The Morgan fingerprint density at radius 3 is 2.53 bits per heavy atom. The first-order valence-corrected chi connectivity index (χ1v) is 8.82. The maximum atomic E-state index is 13.1. The standard InChI is InChI=1S/C20H16N6O4/c1-28-16-4-10(5-17(29-2)19(16)30-3)20(27)23-18-11(8-21)9-22-13-7-15-14(6-12(13)18)24-26-25-15/h4-6,9H,7H2,1-3H3,(H,22,23,27). The number of pyridine rings is 1. The lowest BCUT2D eigenvalue weighted by molar-refractivity contribution is 0.102. The molecule has 1 aliphatic heterocycles. The third kappa shape index (κ3) is 3.12. The molecule has 1 aromatic carbocycles. The minimum atomic E-state index is -0.454. The molecular weight excluding hydrogens is 388 g/mol. The zero-order valence-corrected chi connectivity index (χ0v) is 16.4. The Bertz CT molecular complexity index is 1170. The molecule has 1 N–H and O–H groups in total. The summed E-state index contributed by atoms with van der Waals surface area (Å²) in [6.45, 7) is 0. The van der Waals surface area contributed by atoms with Gasteiger partial charge in [0.25, 0.3) is 5.91 Å². The van der Waals surface area contributed by atoms with Crippen LogP contribution in [-0.2, 0) is 6.42 Å². The van der Waals surface area contributed by atoms with Gasteiger partial charge in [0.2, 0.25) is 5.75 Å². The van der Waals surface area contributed by atoms with Gasteiger partial charge in [-0.15, -0.1) is 10.2 Å². The Balaban J connectivity index is 1.76. The maximum Gasteiger partial charge on any atom is 0.255 e. The molecule has 0 fully saturated rings. The third-order valence-electron chi connectivity index (χ3n) is 4.71. The number of ether oxygens (including phenoxy) is 3. The van der Waals surface area contributed by atoms with Gasteiger partial charge in [-0.25, -0.2) is 0 Å². The van der Waals surface area contributed by atoms with Crippen LogP contribution < -0.4 is 19.5 Å². The van der Waals surface area contributed by atoms with Crippen molar-refractivity contribution in [1.29, 1.82) is 5.26 Å². The van der Waals surface area contributed by atoms with Crippen molar-refractivity contribution in [3.63, 3.8) is 0 Å². The molecule has 10 nitrogen and oxygen atoms in total. The van der Waals surface area contributed by atoms with Crippen LogP contribution in [-0.4, -0.2) is 37.9 Å². The minimum absolute atomic E-state index is 0.224. The molecule has 2 heterocycles. The monoisotopic (exact) mass is 404 g/mol. The fourth-order valence-corrected chi connectivity index (χ4v) is 3.25. The van der Waals surface area contributed by atoms with E-state index in [-0.39, 0.29) is 11.1 Å². The lowest BCUT2D eigenvalue weighted by Crippen LogP contribution is -2.18. The first-order chi connectivity index (χ1) is 14.6. The molecule has 10 heteroatoms. The molecule has 1 amide bonds. The summed E-state index contributed by atoms with van der Waals surface area (Å²) in [5.74, 6) is 0.603. The first-order valence-electron chi connectivity index (χ1n) is 8.82. The summed E-state index contributed by atoms with van der Waals surface area (Å²) < 4.78 is 15.9. The van der Waals surface area contributed by atoms with E-state index in [9.17, 15) is 10.1 Å². The molecule has 2 aliphatic rings. The van der Waals surface area contributed by atoms with Gasteiger partial charge >= 0.3 is 0 Å². The number of amides is 1. The molecule has 30 heavy (non-hydrogen) atoms. The number of fused-ring (bicyclic) bond motifs is 2. The predicted octanol–water partition coefficient (Wildman–Crippen LogP) is 2.95. The van der Waals surface area contributed by atoms with Crippen LogP contribution in [0.5, 0.6) is 17.2 Å². The topological polar surface area (TPSA) is 131 Å². The summed E-state index contributed by atoms with van der Waals surface area (Å²) in [6, 6.07) is 5.13. The molecule has 1 aliphatic carbocycles. The van der Waals surface area contributed by atoms with E-state index >= 15 is 0 Å². The SMILES string of the molecule is COc1cc(C(=O)Nc2c(C#N)cnc3c2C=C2N=NN=C2C3)cc(OC)c1OC. The number of methoxy groups -OCH3 is 3. The average molecular weight is 404 g/mol. The average Bonchev–Trinajstić information content (AvgIpc) is 3.24. The van der Waals surface area contributed by atoms with E-state index in [4.69, 9.17) is 14.2 Å². The Morgan fingerprint density at radius 1 is 1.17 bits per heavy atom. The van der Waals surface area contributed by atoms with Crippen LogP contribution in [0.1, 0.15) is 27.2 Å². The van der Waals surface area contributed by atoms with Gasteiger partial charge in [-0.05, 0) is 23.4 Å². The van der Waals surface area contributed by atoms with Crippen molar-refractivity contribution in [3.8, 4) is 23.3 Å². The van der Waals surface area contributed by atoms with E-state index in [0.717, 1.165) is 0 Å². The number of carbonyl (C=O) groups excluding carboxylic acids is 1. The second kappa shape index (κ2) is 7.63. The number of anilines is 1. The number of carbonyl (C=O) groups is 1. The molecule has 0 saturated heterocycles. The van der Waals surface area contributed by atoms with Crippen molar-refractivity contribution in [2.24, 2.45) is 15.4 Å². The van der Waals surface area contributed by atoms with E-state index in [2.05, 4.69) is 31.8 Å². The van der Waals surface area contributed by atoms with Crippen LogP contribution >= 0.6 is 0 Å². The molecule has 2 aromatic rings.